The third-order valence-corrected chi connectivity index (χ3v) is 4.03. The van der Waals surface area contributed by atoms with Gasteiger partial charge in [-0.2, -0.15) is 13.2 Å². The van der Waals surface area contributed by atoms with Gasteiger partial charge in [0.15, 0.2) is 0 Å². The first-order valence-electron chi connectivity index (χ1n) is 7.27. The molecule has 0 bridgehead atoms. The number of aromatic nitrogens is 1. The molecule has 2 aliphatic heterocycles. The molecule has 0 saturated carbocycles. The van der Waals surface area contributed by atoms with Crippen LogP contribution in [0.15, 0.2) is 17.1 Å². The molecule has 6 nitrogen and oxygen atoms in total. The van der Waals surface area contributed by atoms with E-state index in [1.165, 1.54) is 4.90 Å². The van der Waals surface area contributed by atoms with Crippen molar-refractivity contribution in [2.45, 2.75) is 24.7 Å². The van der Waals surface area contributed by atoms with E-state index in [2.05, 4.69) is 5.32 Å². The lowest BCUT2D eigenvalue weighted by atomic mass is 10.0. The number of alkyl halides is 3. The Morgan fingerprint density at radius 2 is 2.09 bits per heavy atom. The Bertz CT molecular complexity index is 647. The van der Waals surface area contributed by atoms with E-state index in [0.717, 1.165) is 12.6 Å². The average Bonchev–Trinajstić information content (AvgIpc) is 2.94. The summed E-state index contributed by atoms with van der Waals surface area (Å²) in [6.45, 7) is 2.20. The van der Waals surface area contributed by atoms with Crippen molar-refractivity contribution in [3.63, 3.8) is 0 Å². The molecule has 0 radical (unpaired) electrons. The zero-order valence-corrected chi connectivity index (χ0v) is 12.2. The number of nitrogens with zero attached hydrogens (tertiary/aromatic N) is 1. The van der Waals surface area contributed by atoms with E-state index in [4.69, 9.17) is 4.74 Å². The van der Waals surface area contributed by atoms with Crippen LogP contribution in [0.3, 0.4) is 0 Å². The Hall–Kier alpha value is -1.87. The number of pyridine rings is 1. The molecular weight excluding hydrogens is 315 g/mol. The SMILES string of the molecule is O=C(c1c[nH]c(=O)c(C(F)(F)F)c1)N1CC(NC2CCOC2)C1. The van der Waals surface area contributed by atoms with Gasteiger partial charge in [-0.1, -0.05) is 0 Å². The minimum atomic E-state index is -4.79. The van der Waals surface area contributed by atoms with Gasteiger partial charge in [-0.15, -0.1) is 0 Å². The van der Waals surface area contributed by atoms with Crippen LogP contribution < -0.4 is 10.9 Å². The summed E-state index contributed by atoms with van der Waals surface area (Å²) in [4.78, 5) is 26.8. The highest BCUT2D eigenvalue weighted by Crippen LogP contribution is 2.27. The Balaban J connectivity index is 1.62. The van der Waals surface area contributed by atoms with E-state index in [0.29, 0.717) is 32.4 Å². The molecule has 2 aliphatic rings. The molecule has 0 spiro atoms. The van der Waals surface area contributed by atoms with Gasteiger partial charge >= 0.3 is 6.18 Å². The van der Waals surface area contributed by atoms with Crippen molar-refractivity contribution in [1.29, 1.82) is 0 Å². The van der Waals surface area contributed by atoms with Crippen molar-refractivity contribution in [3.05, 3.63) is 33.7 Å². The number of ether oxygens (including phenoxy) is 1. The topological polar surface area (TPSA) is 74.4 Å². The lowest BCUT2D eigenvalue weighted by Gasteiger charge is -2.41. The molecule has 0 aliphatic carbocycles. The first kappa shape index (κ1) is 16.0. The number of hydrogen-bond donors (Lipinski definition) is 2. The van der Waals surface area contributed by atoms with E-state index in [1.54, 1.807) is 0 Å². The molecule has 3 rings (SSSR count). The molecule has 0 aromatic carbocycles. The van der Waals surface area contributed by atoms with Crippen molar-refractivity contribution in [3.8, 4) is 0 Å². The highest BCUT2D eigenvalue weighted by atomic mass is 19.4. The summed E-state index contributed by atoms with van der Waals surface area (Å²) in [5, 5.41) is 3.34. The minimum Gasteiger partial charge on any atom is -0.380 e. The third kappa shape index (κ3) is 3.40. The number of H-pyrrole nitrogens is 1. The Morgan fingerprint density at radius 1 is 1.35 bits per heavy atom. The molecule has 2 N–H and O–H groups in total. The van der Waals surface area contributed by atoms with Crippen LogP contribution in [-0.2, 0) is 10.9 Å². The molecule has 1 amide bonds. The van der Waals surface area contributed by atoms with Gasteiger partial charge in [-0.3, -0.25) is 9.59 Å². The van der Waals surface area contributed by atoms with Crippen LogP contribution in [0, 0.1) is 0 Å². The standard InChI is InChI=1S/C14H16F3N3O3/c15-14(16,17)11-3-8(4-18-12(11)21)13(22)20-5-10(6-20)19-9-1-2-23-7-9/h3-4,9-10,19H,1-2,5-7H2,(H,18,21). The molecule has 1 atom stereocenters. The molecule has 1 aromatic heterocycles. The zero-order chi connectivity index (χ0) is 16.6. The van der Waals surface area contributed by atoms with Crippen LogP contribution >= 0.6 is 0 Å². The molecule has 9 heteroatoms. The summed E-state index contributed by atoms with van der Waals surface area (Å²) >= 11 is 0. The second kappa shape index (κ2) is 5.97. The quantitative estimate of drug-likeness (QED) is 0.850. The van der Waals surface area contributed by atoms with Crippen molar-refractivity contribution < 1.29 is 22.7 Å². The summed E-state index contributed by atoms with van der Waals surface area (Å²) < 4.78 is 43.4. The first-order valence-corrected chi connectivity index (χ1v) is 7.27. The van der Waals surface area contributed by atoms with E-state index >= 15 is 0 Å². The van der Waals surface area contributed by atoms with E-state index in [-0.39, 0.29) is 17.6 Å². The minimum absolute atomic E-state index is 0.121. The fourth-order valence-corrected chi connectivity index (χ4v) is 2.75. The van der Waals surface area contributed by atoms with Crippen LogP contribution in [0.25, 0.3) is 0 Å². The van der Waals surface area contributed by atoms with Crippen molar-refractivity contribution in [1.82, 2.24) is 15.2 Å². The fraction of sp³-hybridized carbons (Fsp3) is 0.571. The largest absolute Gasteiger partial charge is 0.421 e. The number of likely N-dealkylation sites (tertiary alicyclic amines) is 1. The number of nitrogens with one attached hydrogen (secondary N) is 2. The summed E-state index contributed by atoms with van der Waals surface area (Å²) in [5.41, 5.74) is -2.78. The summed E-state index contributed by atoms with van der Waals surface area (Å²) in [5.74, 6) is -0.521. The van der Waals surface area contributed by atoms with Crippen LogP contribution in [-0.4, -0.2) is 54.2 Å². The fourth-order valence-electron chi connectivity index (χ4n) is 2.75. The molecule has 23 heavy (non-hydrogen) atoms. The van der Waals surface area contributed by atoms with Crippen molar-refractivity contribution in [2.24, 2.45) is 0 Å². The number of hydrogen-bond acceptors (Lipinski definition) is 4. The van der Waals surface area contributed by atoms with Gasteiger partial charge in [-0.05, 0) is 12.5 Å². The maximum atomic E-state index is 12.7. The van der Waals surface area contributed by atoms with Gasteiger partial charge in [-0.25, -0.2) is 0 Å². The molecule has 2 fully saturated rings. The van der Waals surface area contributed by atoms with Gasteiger partial charge < -0.3 is 19.9 Å². The normalized spacial score (nSPS) is 22.2. The van der Waals surface area contributed by atoms with Crippen LogP contribution in [0.1, 0.15) is 22.3 Å². The zero-order valence-electron chi connectivity index (χ0n) is 12.2. The van der Waals surface area contributed by atoms with Crippen molar-refractivity contribution in [2.75, 3.05) is 26.3 Å². The lowest BCUT2D eigenvalue weighted by Crippen LogP contribution is -2.61. The second-order valence-corrected chi connectivity index (χ2v) is 5.76. The number of rotatable bonds is 3. The van der Waals surface area contributed by atoms with Gasteiger partial charge in [0.05, 0.1) is 12.2 Å². The molecule has 2 saturated heterocycles. The molecule has 126 valence electrons. The third-order valence-electron chi connectivity index (χ3n) is 4.03. The smallest absolute Gasteiger partial charge is 0.380 e. The molecule has 3 heterocycles. The average molecular weight is 331 g/mol. The summed E-state index contributed by atoms with van der Waals surface area (Å²) in [6, 6.07) is 0.991. The van der Waals surface area contributed by atoms with Gasteiger partial charge in [0, 0.05) is 38.0 Å². The predicted molar refractivity (Wildman–Crippen MR) is 74.1 cm³/mol. The Morgan fingerprint density at radius 3 is 2.70 bits per heavy atom. The number of carbonyl (C=O) groups is 1. The highest BCUT2D eigenvalue weighted by Gasteiger charge is 2.37. The Kier molecular flexibility index (Phi) is 4.15. The van der Waals surface area contributed by atoms with E-state index in [9.17, 15) is 22.8 Å². The molecular formula is C14H16F3N3O3. The second-order valence-electron chi connectivity index (χ2n) is 5.76. The van der Waals surface area contributed by atoms with Gasteiger partial charge in [0.2, 0.25) is 0 Å². The van der Waals surface area contributed by atoms with Crippen molar-refractivity contribution >= 4 is 5.91 Å². The van der Waals surface area contributed by atoms with Crippen LogP contribution in [0.2, 0.25) is 0 Å². The summed E-state index contributed by atoms with van der Waals surface area (Å²) in [7, 11) is 0. The van der Waals surface area contributed by atoms with Crippen LogP contribution in [0.4, 0.5) is 13.2 Å². The number of carbonyl (C=O) groups excluding carboxylic acids is 1. The summed E-state index contributed by atoms with van der Waals surface area (Å²) in [6.07, 6.45) is -2.85. The maximum Gasteiger partial charge on any atom is 0.421 e. The highest BCUT2D eigenvalue weighted by molar-refractivity contribution is 5.94. The van der Waals surface area contributed by atoms with Gasteiger partial charge in [0.25, 0.3) is 11.5 Å². The first-order chi connectivity index (χ1) is 10.8. The Labute approximate surface area is 129 Å². The molecule has 1 unspecified atom stereocenters. The lowest BCUT2D eigenvalue weighted by molar-refractivity contribution is -0.138. The molecule has 1 aromatic rings. The maximum absolute atomic E-state index is 12.7. The monoisotopic (exact) mass is 331 g/mol. The van der Waals surface area contributed by atoms with E-state index < -0.39 is 23.2 Å². The van der Waals surface area contributed by atoms with E-state index in [1.807, 2.05) is 4.98 Å². The number of aromatic amines is 1. The number of amides is 1. The van der Waals surface area contributed by atoms with Crippen LogP contribution in [0.5, 0.6) is 0 Å². The van der Waals surface area contributed by atoms with Gasteiger partial charge in [0.1, 0.15) is 5.56 Å². The predicted octanol–water partition coefficient (Wildman–Crippen LogP) is 0.597. The number of halogens is 3.